The van der Waals surface area contributed by atoms with Crippen LogP contribution in [-0.2, 0) is 15.0 Å². The maximum Gasteiger partial charge on any atom is 0.316 e. The van der Waals surface area contributed by atoms with Crippen LogP contribution >= 0.6 is 0 Å². The van der Waals surface area contributed by atoms with Crippen molar-refractivity contribution in [2.45, 2.75) is 11.3 Å². The van der Waals surface area contributed by atoms with Gasteiger partial charge in [0.25, 0.3) is 0 Å². The van der Waals surface area contributed by atoms with Crippen LogP contribution in [0.25, 0.3) is 0 Å². The van der Waals surface area contributed by atoms with Crippen LogP contribution in [0.4, 0.5) is 22.0 Å². The number of hydrogen-bond donors (Lipinski definition) is 0. The van der Waals surface area contributed by atoms with Crippen LogP contribution in [-0.4, -0.2) is 32.4 Å². The number of halogens is 5. The molecule has 0 bridgehead atoms. The molecule has 0 spiro atoms. The van der Waals surface area contributed by atoms with E-state index in [1.54, 1.807) is 30.3 Å². The van der Waals surface area contributed by atoms with Crippen LogP contribution in [0, 0.1) is 29.1 Å². The third-order valence-electron chi connectivity index (χ3n) is 4.07. The molecule has 1 aliphatic rings. The molecule has 11 heteroatoms. The van der Waals surface area contributed by atoms with Gasteiger partial charge in [0.2, 0.25) is 34.8 Å². The molecule has 2 aromatic rings. The average molecular weight is 409 g/mol. The van der Waals surface area contributed by atoms with E-state index in [-0.39, 0.29) is 0 Å². The molecule has 1 fully saturated rings. The maximum atomic E-state index is 13.8. The summed E-state index contributed by atoms with van der Waals surface area (Å²) in [4.78, 5) is 5.16. The van der Waals surface area contributed by atoms with E-state index in [9.17, 15) is 30.4 Å². The molecule has 0 N–H and O–H groups in total. The van der Waals surface area contributed by atoms with Crippen LogP contribution in [0.5, 0.6) is 5.75 Å². The Hall–Kier alpha value is -2.24. The minimum absolute atomic E-state index is 0.437. The monoisotopic (exact) mass is 409 g/mol. The third-order valence-corrected chi connectivity index (χ3v) is 5.60. The molecule has 2 aromatic carbocycles. The Kier molecular flexibility index (Phi) is 5.10. The summed E-state index contributed by atoms with van der Waals surface area (Å²) in [5.74, 6) is -13.7. The van der Waals surface area contributed by atoms with Gasteiger partial charge in [-0.1, -0.05) is 30.3 Å². The van der Waals surface area contributed by atoms with Crippen molar-refractivity contribution in [2.75, 3.05) is 13.7 Å². The van der Waals surface area contributed by atoms with Crippen molar-refractivity contribution in [1.82, 2.24) is 5.06 Å². The SMILES string of the molecule is CN1OC[C@H](S(=O)(=O)Oc2c(F)c(F)c(F)c(F)c2F)[C@H]1c1ccccc1. The lowest BCUT2D eigenvalue weighted by Crippen LogP contribution is -2.34. The first-order valence-electron chi connectivity index (χ1n) is 7.50. The van der Waals surface area contributed by atoms with Crippen molar-refractivity contribution in [3.05, 3.63) is 65.0 Å². The molecule has 3 rings (SSSR count). The van der Waals surface area contributed by atoms with E-state index in [2.05, 4.69) is 4.18 Å². The normalized spacial score (nSPS) is 20.8. The van der Waals surface area contributed by atoms with Gasteiger partial charge in [-0.15, -0.1) is 0 Å². The van der Waals surface area contributed by atoms with Gasteiger partial charge >= 0.3 is 10.1 Å². The average Bonchev–Trinajstić information content (AvgIpc) is 3.05. The lowest BCUT2D eigenvalue weighted by atomic mass is 10.0. The minimum atomic E-state index is -4.84. The predicted octanol–water partition coefficient (Wildman–Crippen LogP) is 3.08. The highest BCUT2D eigenvalue weighted by molar-refractivity contribution is 7.87. The highest BCUT2D eigenvalue weighted by Crippen LogP contribution is 2.36. The third kappa shape index (κ3) is 3.37. The Morgan fingerprint density at radius 1 is 0.963 bits per heavy atom. The zero-order chi connectivity index (χ0) is 19.9. The van der Waals surface area contributed by atoms with E-state index in [0.29, 0.717) is 5.56 Å². The van der Waals surface area contributed by atoms with Crippen molar-refractivity contribution in [2.24, 2.45) is 0 Å². The molecule has 0 aromatic heterocycles. The van der Waals surface area contributed by atoms with Crippen LogP contribution in [0.3, 0.4) is 0 Å². The lowest BCUT2D eigenvalue weighted by molar-refractivity contribution is -0.110. The van der Waals surface area contributed by atoms with Crippen LogP contribution in [0.15, 0.2) is 30.3 Å². The van der Waals surface area contributed by atoms with Gasteiger partial charge in [0.05, 0.1) is 12.6 Å². The maximum absolute atomic E-state index is 13.8. The molecule has 27 heavy (non-hydrogen) atoms. The summed E-state index contributed by atoms with van der Waals surface area (Å²) in [5.41, 5.74) is 0.493. The van der Waals surface area contributed by atoms with Gasteiger partial charge in [0.15, 0.2) is 0 Å². The topological polar surface area (TPSA) is 55.8 Å². The van der Waals surface area contributed by atoms with Crippen LogP contribution in [0.1, 0.15) is 11.6 Å². The van der Waals surface area contributed by atoms with Gasteiger partial charge in [-0.3, -0.25) is 4.84 Å². The number of hydroxylamine groups is 2. The Labute approximate surface area is 151 Å². The second-order valence-electron chi connectivity index (χ2n) is 5.71. The Balaban J connectivity index is 2.01. The first-order chi connectivity index (χ1) is 12.6. The fraction of sp³-hybridized carbons (Fsp3) is 0.250. The number of hydrogen-bond acceptors (Lipinski definition) is 5. The fourth-order valence-electron chi connectivity index (χ4n) is 2.75. The van der Waals surface area contributed by atoms with Crippen molar-refractivity contribution < 1.29 is 39.4 Å². The molecule has 2 atom stereocenters. The Bertz CT molecular complexity index is 942. The van der Waals surface area contributed by atoms with Crippen LogP contribution < -0.4 is 4.18 Å². The first kappa shape index (κ1) is 19.5. The van der Waals surface area contributed by atoms with Gasteiger partial charge in [-0.2, -0.15) is 22.3 Å². The molecule has 0 unspecified atom stereocenters. The molecule has 0 aliphatic carbocycles. The molecule has 1 saturated heterocycles. The second kappa shape index (κ2) is 7.06. The molecule has 1 heterocycles. The molecule has 0 radical (unpaired) electrons. The van der Waals surface area contributed by atoms with E-state index in [0.717, 1.165) is 0 Å². The number of rotatable bonds is 4. The quantitative estimate of drug-likeness (QED) is 0.336. The molecule has 1 aliphatic heterocycles. The molecule has 146 valence electrons. The first-order valence-corrected chi connectivity index (χ1v) is 8.97. The van der Waals surface area contributed by atoms with Gasteiger partial charge in [-0.05, 0) is 5.56 Å². The summed E-state index contributed by atoms with van der Waals surface area (Å²) < 4.78 is 96.6. The van der Waals surface area contributed by atoms with Crippen molar-refractivity contribution in [3.8, 4) is 5.75 Å². The Morgan fingerprint density at radius 3 is 2.04 bits per heavy atom. The zero-order valence-electron chi connectivity index (χ0n) is 13.6. The molecular weight excluding hydrogens is 397 g/mol. The van der Waals surface area contributed by atoms with E-state index in [4.69, 9.17) is 4.84 Å². The van der Waals surface area contributed by atoms with E-state index in [1.165, 1.54) is 12.1 Å². The largest absolute Gasteiger partial charge is 0.376 e. The van der Waals surface area contributed by atoms with Crippen LogP contribution in [0.2, 0.25) is 0 Å². The number of nitrogens with zero attached hydrogens (tertiary/aromatic N) is 1. The van der Waals surface area contributed by atoms with E-state index >= 15 is 0 Å². The smallest absolute Gasteiger partial charge is 0.316 e. The van der Waals surface area contributed by atoms with Gasteiger partial charge < -0.3 is 4.18 Å². The molecule has 0 saturated carbocycles. The summed E-state index contributed by atoms with van der Waals surface area (Å²) >= 11 is 0. The predicted molar refractivity (Wildman–Crippen MR) is 82.5 cm³/mol. The van der Waals surface area contributed by atoms with Gasteiger partial charge in [0.1, 0.15) is 5.25 Å². The minimum Gasteiger partial charge on any atom is -0.376 e. The standard InChI is InChI=1S/C16H12F5NO4S/c1-22-15(8-5-3-2-4-6-8)9(7-25-22)27(23,24)26-16-13(20)11(18)10(17)12(19)14(16)21/h2-6,9,15H,7H2,1H3/t9-,15+/m0/s1. The lowest BCUT2D eigenvalue weighted by Gasteiger charge is -2.22. The van der Waals surface area contributed by atoms with E-state index in [1.807, 2.05) is 0 Å². The van der Waals surface area contributed by atoms with Crippen molar-refractivity contribution in [3.63, 3.8) is 0 Å². The summed E-state index contributed by atoms with van der Waals surface area (Å²) in [7, 11) is -3.40. The van der Waals surface area contributed by atoms with Crippen molar-refractivity contribution >= 4 is 10.1 Å². The van der Waals surface area contributed by atoms with Gasteiger partial charge in [-0.25, -0.2) is 13.2 Å². The summed E-state index contributed by atoms with van der Waals surface area (Å²) in [5, 5.41) is -0.265. The molecule has 0 amide bonds. The highest BCUT2D eigenvalue weighted by atomic mass is 32.2. The molecule has 5 nitrogen and oxygen atoms in total. The number of benzene rings is 2. The summed E-state index contributed by atoms with van der Waals surface area (Å²) in [6, 6.07) is 7.23. The zero-order valence-corrected chi connectivity index (χ0v) is 14.4. The summed E-state index contributed by atoms with van der Waals surface area (Å²) in [6.07, 6.45) is 0. The molecular formula is C16H12F5NO4S. The fourth-order valence-corrected chi connectivity index (χ4v) is 4.12. The van der Waals surface area contributed by atoms with E-state index < -0.39 is 62.9 Å². The second-order valence-corrected chi connectivity index (χ2v) is 7.47. The highest BCUT2D eigenvalue weighted by Gasteiger charge is 2.45. The summed E-state index contributed by atoms with van der Waals surface area (Å²) in [6.45, 7) is -0.437. The van der Waals surface area contributed by atoms with Gasteiger partial charge in [0, 0.05) is 7.05 Å². The Morgan fingerprint density at radius 2 is 1.48 bits per heavy atom. The van der Waals surface area contributed by atoms with Crippen molar-refractivity contribution in [1.29, 1.82) is 0 Å².